The minimum Gasteiger partial charge on any atom is -0.337 e. The molecule has 22 heavy (non-hydrogen) atoms. The van der Waals surface area contributed by atoms with E-state index >= 15 is 0 Å². The molecule has 0 unspecified atom stereocenters. The Balaban J connectivity index is 1.60. The third-order valence-electron chi connectivity index (χ3n) is 3.98. The van der Waals surface area contributed by atoms with Crippen LogP contribution in [0.5, 0.6) is 0 Å². The molecule has 0 radical (unpaired) electrons. The van der Waals surface area contributed by atoms with Crippen molar-refractivity contribution in [1.29, 1.82) is 0 Å². The molecule has 2 aromatic rings. The fourth-order valence-corrected chi connectivity index (χ4v) is 3.33. The van der Waals surface area contributed by atoms with Crippen LogP contribution in [0.3, 0.4) is 0 Å². The SMILES string of the molecule is O=C(NCCc1ccccc1Br)N1CCCc2ccccc21. The number of fused-ring (bicyclic) bond motifs is 1. The van der Waals surface area contributed by atoms with Crippen LogP contribution in [0.1, 0.15) is 17.5 Å². The van der Waals surface area contributed by atoms with Gasteiger partial charge in [0.05, 0.1) is 0 Å². The molecule has 0 aromatic heterocycles. The van der Waals surface area contributed by atoms with Crippen molar-refractivity contribution >= 4 is 27.6 Å². The second-order valence-corrected chi connectivity index (χ2v) is 6.31. The first kappa shape index (κ1) is 15.1. The first-order valence-corrected chi connectivity index (χ1v) is 8.41. The number of urea groups is 1. The molecule has 2 amide bonds. The lowest BCUT2D eigenvalue weighted by atomic mass is 10.0. The highest BCUT2D eigenvalue weighted by molar-refractivity contribution is 9.10. The quantitative estimate of drug-likeness (QED) is 0.877. The highest BCUT2D eigenvalue weighted by Crippen LogP contribution is 2.26. The Morgan fingerprint density at radius 1 is 1.14 bits per heavy atom. The fraction of sp³-hybridized carbons (Fsp3) is 0.278. The Kier molecular flexibility index (Phi) is 4.78. The van der Waals surface area contributed by atoms with Gasteiger partial charge in [0.2, 0.25) is 0 Å². The van der Waals surface area contributed by atoms with E-state index in [4.69, 9.17) is 0 Å². The van der Waals surface area contributed by atoms with E-state index in [0.29, 0.717) is 6.54 Å². The van der Waals surface area contributed by atoms with Crippen LogP contribution in [0.4, 0.5) is 10.5 Å². The number of carbonyl (C=O) groups excluding carboxylic acids is 1. The molecule has 0 saturated carbocycles. The first-order valence-electron chi connectivity index (χ1n) is 7.62. The zero-order chi connectivity index (χ0) is 15.4. The van der Waals surface area contributed by atoms with Crippen molar-refractivity contribution in [1.82, 2.24) is 5.32 Å². The topological polar surface area (TPSA) is 32.3 Å². The van der Waals surface area contributed by atoms with Crippen LogP contribution >= 0.6 is 15.9 Å². The second-order valence-electron chi connectivity index (χ2n) is 5.46. The third kappa shape index (κ3) is 3.33. The summed E-state index contributed by atoms with van der Waals surface area (Å²) in [5.41, 5.74) is 3.52. The normalized spacial score (nSPS) is 13.6. The summed E-state index contributed by atoms with van der Waals surface area (Å²) in [7, 11) is 0. The van der Waals surface area contributed by atoms with E-state index in [1.165, 1.54) is 11.1 Å². The van der Waals surface area contributed by atoms with Crippen LogP contribution in [0, 0.1) is 0 Å². The second kappa shape index (κ2) is 6.97. The van der Waals surface area contributed by atoms with E-state index in [2.05, 4.69) is 33.4 Å². The van der Waals surface area contributed by atoms with Gasteiger partial charge >= 0.3 is 6.03 Å². The summed E-state index contributed by atoms with van der Waals surface area (Å²) in [5.74, 6) is 0. The van der Waals surface area contributed by atoms with Crippen LogP contribution in [0.15, 0.2) is 53.0 Å². The van der Waals surface area contributed by atoms with Crippen LogP contribution in [0.25, 0.3) is 0 Å². The van der Waals surface area contributed by atoms with E-state index in [9.17, 15) is 4.79 Å². The van der Waals surface area contributed by atoms with Gasteiger partial charge < -0.3 is 5.32 Å². The highest BCUT2D eigenvalue weighted by atomic mass is 79.9. The van der Waals surface area contributed by atoms with Crippen molar-refractivity contribution in [2.75, 3.05) is 18.0 Å². The zero-order valence-corrected chi connectivity index (χ0v) is 14.0. The molecule has 114 valence electrons. The van der Waals surface area contributed by atoms with Gasteiger partial charge in [-0.3, -0.25) is 4.90 Å². The van der Waals surface area contributed by atoms with Gasteiger partial charge in [-0.1, -0.05) is 52.3 Å². The first-order chi connectivity index (χ1) is 10.8. The summed E-state index contributed by atoms with van der Waals surface area (Å²) >= 11 is 3.54. The van der Waals surface area contributed by atoms with Crippen LogP contribution in [-0.2, 0) is 12.8 Å². The predicted octanol–water partition coefficient (Wildman–Crippen LogP) is 4.15. The molecule has 1 aliphatic heterocycles. The van der Waals surface area contributed by atoms with E-state index in [1.54, 1.807) is 0 Å². The number of halogens is 1. The predicted molar refractivity (Wildman–Crippen MR) is 93.4 cm³/mol. The van der Waals surface area contributed by atoms with Crippen LogP contribution in [-0.4, -0.2) is 19.1 Å². The summed E-state index contributed by atoms with van der Waals surface area (Å²) < 4.78 is 1.09. The standard InChI is InChI=1S/C18H19BrN2O/c19-16-9-3-1-6-14(16)11-12-20-18(22)21-13-5-8-15-7-2-4-10-17(15)21/h1-4,6-7,9-10H,5,8,11-13H2,(H,20,22). The van der Waals surface area contributed by atoms with Gasteiger partial charge in [0.1, 0.15) is 0 Å². The van der Waals surface area contributed by atoms with Crippen molar-refractivity contribution in [3.05, 3.63) is 64.1 Å². The number of anilines is 1. The maximum atomic E-state index is 12.4. The molecule has 3 rings (SSSR count). The molecule has 0 bridgehead atoms. The van der Waals surface area contributed by atoms with E-state index in [0.717, 1.165) is 36.0 Å². The molecular weight excluding hydrogens is 340 g/mol. The van der Waals surface area contributed by atoms with Crippen LogP contribution < -0.4 is 10.2 Å². The summed E-state index contributed by atoms with van der Waals surface area (Å²) in [4.78, 5) is 14.3. The van der Waals surface area contributed by atoms with Gasteiger partial charge in [-0.2, -0.15) is 0 Å². The van der Waals surface area contributed by atoms with Crippen molar-refractivity contribution in [3.63, 3.8) is 0 Å². The number of carbonyl (C=O) groups is 1. The minimum absolute atomic E-state index is 0.000737. The molecule has 1 heterocycles. The maximum Gasteiger partial charge on any atom is 0.321 e. The van der Waals surface area contributed by atoms with Crippen molar-refractivity contribution in [2.24, 2.45) is 0 Å². The van der Waals surface area contributed by atoms with Crippen molar-refractivity contribution in [2.45, 2.75) is 19.3 Å². The van der Waals surface area contributed by atoms with Gasteiger partial charge in [0.25, 0.3) is 0 Å². The molecule has 0 aliphatic carbocycles. The number of amides is 2. The number of para-hydroxylation sites is 1. The molecule has 1 aliphatic rings. The molecule has 0 fully saturated rings. The molecule has 0 saturated heterocycles. The fourth-order valence-electron chi connectivity index (χ4n) is 2.85. The number of hydrogen-bond donors (Lipinski definition) is 1. The minimum atomic E-state index is -0.000737. The molecule has 0 atom stereocenters. The Bertz CT molecular complexity index is 672. The molecule has 1 N–H and O–H groups in total. The molecule has 2 aromatic carbocycles. The Labute approximate surface area is 139 Å². The lowest BCUT2D eigenvalue weighted by molar-refractivity contribution is 0.246. The summed E-state index contributed by atoms with van der Waals surface area (Å²) in [6.07, 6.45) is 2.90. The monoisotopic (exact) mass is 358 g/mol. The summed E-state index contributed by atoms with van der Waals surface area (Å²) in [6, 6.07) is 16.3. The number of nitrogens with one attached hydrogen (secondary N) is 1. The Morgan fingerprint density at radius 2 is 1.91 bits per heavy atom. The number of hydrogen-bond acceptors (Lipinski definition) is 1. The molecular formula is C18H19BrN2O. The average Bonchev–Trinajstić information content (AvgIpc) is 2.56. The maximum absolute atomic E-state index is 12.4. The zero-order valence-electron chi connectivity index (χ0n) is 12.4. The Morgan fingerprint density at radius 3 is 2.77 bits per heavy atom. The van der Waals surface area contributed by atoms with Gasteiger partial charge in [-0.25, -0.2) is 4.79 Å². The average molecular weight is 359 g/mol. The largest absolute Gasteiger partial charge is 0.337 e. The number of benzene rings is 2. The van der Waals surface area contributed by atoms with Gasteiger partial charge in [0.15, 0.2) is 0 Å². The summed E-state index contributed by atoms with van der Waals surface area (Å²) in [6.45, 7) is 1.43. The van der Waals surface area contributed by atoms with Crippen LogP contribution in [0.2, 0.25) is 0 Å². The van der Waals surface area contributed by atoms with Gasteiger partial charge in [0, 0.05) is 23.2 Å². The third-order valence-corrected chi connectivity index (χ3v) is 4.76. The smallest absolute Gasteiger partial charge is 0.321 e. The van der Waals surface area contributed by atoms with Gasteiger partial charge in [-0.05, 0) is 42.5 Å². The lowest BCUT2D eigenvalue weighted by Gasteiger charge is -2.29. The molecule has 4 heteroatoms. The van der Waals surface area contributed by atoms with Crippen molar-refractivity contribution < 1.29 is 4.79 Å². The Hall–Kier alpha value is -1.81. The number of rotatable bonds is 3. The van der Waals surface area contributed by atoms with E-state index in [1.807, 2.05) is 41.3 Å². The van der Waals surface area contributed by atoms with Crippen molar-refractivity contribution in [3.8, 4) is 0 Å². The van der Waals surface area contributed by atoms with E-state index < -0.39 is 0 Å². The van der Waals surface area contributed by atoms with E-state index in [-0.39, 0.29) is 6.03 Å². The summed E-state index contributed by atoms with van der Waals surface area (Å²) in [5, 5.41) is 3.04. The molecule has 3 nitrogen and oxygen atoms in total. The number of nitrogens with zero attached hydrogens (tertiary/aromatic N) is 1. The highest BCUT2D eigenvalue weighted by Gasteiger charge is 2.21. The lowest BCUT2D eigenvalue weighted by Crippen LogP contribution is -2.43. The number of aryl methyl sites for hydroxylation is 1. The van der Waals surface area contributed by atoms with Gasteiger partial charge in [-0.15, -0.1) is 0 Å². The molecule has 0 spiro atoms.